The van der Waals surface area contributed by atoms with Crippen LogP contribution < -0.4 is 0 Å². The third-order valence-corrected chi connectivity index (χ3v) is 1.83. The highest BCUT2D eigenvalue weighted by Crippen LogP contribution is 2.25. The van der Waals surface area contributed by atoms with Gasteiger partial charge in [-0.25, -0.2) is 0 Å². The Kier molecular flexibility index (Phi) is 5.80. The van der Waals surface area contributed by atoms with Crippen LogP contribution in [0.3, 0.4) is 0 Å². The van der Waals surface area contributed by atoms with Crippen molar-refractivity contribution in [2.75, 3.05) is 7.11 Å². The first-order chi connectivity index (χ1) is 2.41. The van der Waals surface area contributed by atoms with Gasteiger partial charge in [0.05, 0.1) is 8.50 Å². The minimum Gasteiger partial charge on any atom is -0.356 e. The van der Waals surface area contributed by atoms with Gasteiger partial charge in [-0.2, -0.15) is 0 Å². The van der Waals surface area contributed by atoms with Crippen molar-refractivity contribution in [3.8, 4) is 0 Å². The van der Waals surface area contributed by atoms with Gasteiger partial charge < -0.3 is 4.52 Å². The molecule has 30 valence electrons. The first-order valence-corrected chi connectivity index (χ1v) is 4.68. The largest absolute Gasteiger partial charge is 0.356 e. The van der Waals surface area contributed by atoms with Crippen molar-refractivity contribution in [1.29, 1.82) is 0 Å². The minimum atomic E-state index is 0.485. The van der Waals surface area contributed by atoms with Crippen LogP contribution in [-0.4, -0.2) is 7.11 Å². The van der Waals surface area contributed by atoms with Gasteiger partial charge in [0.25, 0.3) is 0 Å². The Hall–Kier alpha value is 0.910. The van der Waals surface area contributed by atoms with Crippen molar-refractivity contribution in [3.05, 3.63) is 0 Å². The molecule has 0 saturated heterocycles. The summed E-state index contributed by atoms with van der Waals surface area (Å²) >= 11 is 4.51. The Labute approximate surface area is 39.7 Å². The van der Waals surface area contributed by atoms with E-state index in [2.05, 4.69) is 16.3 Å². The van der Waals surface area contributed by atoms with Crippen LogP contribution in [0.5, 0.6) is 0 Å². The molecular formula is CH4OP2S. The van der Waals surface area contributed by atoms with Crippen LogP contribution in [0.4, 0.5) is 0 Å². The molecule has 1 nitrogen and oxygen atoms in total. The second kappa shape index (κ2) is 4.91. The standard InChI is InChI=1S/CH4OP2S/c1-2-3-4-5/h3H,1H3. The van der Waals surface area contributed by atoms with Crippen molar-refractivity contribution in [1.82, 2.24) is 0 Å². The Balaban J connectivity index is 2.40. The first kappa shape index (κ1) is 5.91. The summed E-state index contributed by atoms with van der Waals surface area (Å²) in [6.45, 7) is 0. The average Bonchev–Trinajstić information content (AvgIpc) is 1.41. The van der Waals surface area contributed by atoms with Crippen LogP contribution in [0.1, 0.15) is 0 Å². The third-order valence-electron chi connectivity index (χ3n) is 0.129. The number of rotatable bonds is 2. The van der Waals surface area contributed by atoms with Crippen LogP contribution in [0.15, 0.2) is 0 Å². The maximum Gasteiger partial charge on any atom is 0.0786 e. The Morgan fingerprint density at radius 3 is 2.60 bits per heavy atom. The van der Waals surface area contributed by atoms with Gasteiger partial charge >= 0.3 is 0 Å². The van der Waals surface area contributed by atoms with Crippen molar-refractivity contribution in [3.63, 3.8) is 0 Å². The van der Waals surface area contributed by atoms with Gasteiger partial charge in [-0.15, -0.1) is 0 Å². The molecule has 0 aliphatic heterocycles. The monoisotopic (exact) mass is 126 g/mol. The lowest BCUT2D eigenvalue weighted by Crippen LogP contribution is -1.44. The minimum absolute atomic E-state index is 0.485. The number of hydrogen-bond donors (Lipinski definition) is 0. The van der Waals surface area contributed by atoms with Crippen molar-refractivity contribution in [2.45, 2.75) is 0 Å². The quantitative estimate of drug-likeness (QED) is 0.519. The fourth-order valence-electron chi connectivity index (χ4n) is 0.0373. The van der Waals surface area contributed by atoms with Crippen LogP contribution in [0.25, 0.3) is 0 Å². The molecule has 0 aliphatic rings. The molecule has 0 aromatic carbocycles. The van der Waals surface area contributed by atoms with E-state index in [9.17, 15) is 0 Å². The van der Waals surface area contributed by atoms with Gasteiger partial charge in [0.1, 0.15) is 0 Å². The summed E-state index contributed by atoms with van der Waals surface area (Å²) < 4.78 is 4.60. The molecule has 1 unspecified atom stereocenters. The van der Waals surface area contributed by atoms with Crippen molar-refractivity contribution < 1.29 is 4.52 Å². The Morgan fingerprint density at radius 2 is 2.60 bits per heavy atom. The predicted molar refractivity (Wildman–Crippen MR) is 29.6 cm³/mol. The van der Waals surface area contributed by atoms with E-state index in [-0.39, 0.29) is 0 Å². The van der Waals surface area contributed by atoms with E-state index in [0.717, 1.165) is 7.04 Å². The zero-order chi connectivity index (χ0) is 4.12. The molecule has 1 atom stereocenters. The van der Waals surface area contributed by atoms with Gasteiger partial charge in [-0.1, -0.05) is 11.8 Å². The third kappa shape index (κ3) is 4.91. The molecule has 0 heterocycles. The molecule has 0 fully saturated rings. The topological polar surface area (TPSA) is 9.23 Å². The summed E-state index contributed by atoms with van der Waals surface area (Å²) in [5.41, 5.74) is 0. The molecule has 0 saturated carbocycles. The molecule has 0 rings (SSSR count). The smallest absolute Gasteiger partial charge is 0.0786 e. The number of hydrogen-bond acceptors (Lipinski definition) is 2. The fraction of sp³-hybridized carbons (Fsp3) is 1.00. The SMILES string of the molecule is COPP=S. The highest BCUT2D eigenvalue weighted by atomic mass is 32.6. The summed E-state index contributed by atoms with van der Waals surface area (Å²) in [4.78, 5) is 0. The van der Waals surface area contributed by atoms with E-state index in [1.54, 1.807) is 7.11 Å². The molecule has 0 radical (unpaired) electrons. The molecule has 0 bridgehead atoms. The van der Waals surface area contributed by atoms with Crippen LogP contribution in [0, 0.1) is 0 Å². The van der Waals surface area contributed by atoms with E-state index < -0.39 is 0 Å². The second-order valence-electron chi connectivity index (χ2n) is 0.387. The summed E-state index contributed by atoms with van der Waals surface area (Å²) in [7, 11) is 3.05. The lowest BCUT2D eigenvalue weighted by atomic mass is 11.8. The molecule has 5 heavy (non-hydrogen) atoms. The van der Waals surface area contributed by atoms with Gasteiger partial charge in [-0.3, -0.25) is 0 Å². The normalized spacial score (nSPS) is 11.4. The van der Waals surface area contributed by atoms with Gasteiger partial charge in [0.2, 0.25) is 0 Å². The Morgan fingerprint density at radius 1 is 2.00 bits per heavy atom. The first-order valence-electron chi connectivity index (χ1n) is 1.02. The lowest BCUT2D eigenvalue weighted by Gasteiger charge is -1.76. The maximum absolute atomic E-state index is 4.60. The predicted octanol–water partition coefficient (Wildman–Crippen LogP) is 1.55. The lowest BCUT2D eigenvalue weighted by molar-refractivity contribution is 0.485. The van der Waals surface area contributed by atoms with Crippen LogP contribution in [-0.2, 0) is 16.3 Å². The molecule has 4 heteroatoms. The summed E-state index contributed by atoms with van der Waals surface area (Å²) in [6, 6.07) is 0. The molecule has 0 aliphatic carbocycles. The Bertz CT molecular complexity index is 30.8. The zero-order valence-electron chi connectivity index (χ0n) is 2.76. The molecule has 0 spiro atoms. The zero-order valence-corrected chi connectivity index (χ0v) is 5.47. The van der Waals surface area contributed by atoms with Crippen LogP contribution in [0.2, 0.25) is 0 Å². The van der Waals surface area contributed by atoms with Crippen molar-refractivity contribution in [2.24, 2.45) is 0 Å². The van der Waals surface area contributed by atoms with E-state index in [4.69, 9.17) is 0 Å². The van der Waals surface area contributed by atoms with Gasteiger partial charge in [-0.05, 0) is 0 Å². The fourth-order valence-corrected chi connectivity index (χ4v) is 1.01. The van der Waals surface area contributed by atoms with Crippen molar-refractivity contribution >= 4 is 27.3 Å². The van der Waals surface area contributed by atoms with Gasteiger partial charge in [0, 0.05) is 14.2 Å². The molecule has 0 amide bonds. The van der Waals surface area contributed by atoms with E-state index in [0.29, 0.717) is 8.50 Å². The van der Waals surface area contributed by atoms with Crippen LogP contribution >= 0.6 is 15.5 Å². The summed E-state index contributed by atoms with van der Waals surface area (Å²) in [5, 5.41) is 0. The highest BCUT2D eigenvalue weighted by molar-refractivity contribution is 8.28. The highest BCUT2D eigenvalue weighted by Gasteiger charge is 1.61. The van der Waals surface area contributed by atoms with E-state index in [1.165, 1.54) is 0 Å². The maximum atomic E-state index is 4.60. The van der Waals surface area contributed by atoms with E-state index >= 15 is 0 Å². The summed E-state index contributed by atoms with van der Waals surface area (Å²) in [5.74, 6) is 0. The summed E-state index contributed by atoms with van der Waals surface area (Å²) in [6.07, 6.45) is 0. The average molecular weight is 126 g/mol. The second-order valence-corrected chi connectivity index (χ2v) is 3.90. The molecule has 0 N–H and O–H groups in total. The molecular weight excluding hydrogens is 122 g/mol. The van der Waals surface area contributed by atoms with Gasteiger partial charge in [0.15, 0.2) is 0 Å². The van der Waals surface area contributed by atoms with E-state index in [1.807, 2.05) is 0 Å². The molecule has 0 aromatic rings. The molecule has 0 aromatic heterocycles.